The number of hydrogen-bond donors (Lipinski definition) is 1. The molecule has 0 aliphatic heterocycles. The van der Waals surface area contributed by atoms with Crippen molar-refractivity contribution in [3.05, 3.63) is 16.4 Å². The molecule has 0 fully saturated rings. The maximum Gasteiger partial charge on any atom is 0.435 e. The highest BCUT2D eigenvalue weighted by molar-refractivity contribution is 7.16. The molecule has 0 amide bonds. The first-order valence-corrected chi connectivity index (χ1v) is 6.20. The van der Waals surface area contributed by atoms with Gasteiger partial charge in [0.2, 0.25) is 4.96 Å². The van der Waals surface area contributed by atoms with E-state index in [0.717, 1.165) is 15.9 Å². The molecule has 0 saturated carbocycles. The van der Waals surface area contributed by atoms with Gasteiger partial charge in [0.25, 0.3) is 0 Å². The van der Waals surface area contributed by atoms with E-state index < -0.39 is 23.5 Å². The van der Waals surface area contributed by atoms with Gasteiger partial charge in [0.1, 0.15) is 5.01 Å². The molecule has 9 heteroatoms. The monoisotopic (exact) mass is 293 g/mol. The molecule has 0 aliphatic rings. The number of imidazole rings is 1. The highest BCUT2D eigenvalue weighted by atomic mass is 32.1. The molecule has 0 radical (unpaired) electrons. The van der Waals surface area contributed by atoms with Crippen LogP contribution in [0.15, 0.2) is 0 Å². The van der Waals surface area contributed by atoms with Gasteiger partial charge in [-0.25, -0.2) is 9.78 Å². The number of carbonyl (C=O) groups is 1. The van der Waals surface area contributed by atoms with Crippen LogP contribution in [-0.4, -0.2) is 25.7 Å². The maximum absolute atomic E-state index is 12.7. The van der Waals surface area contributed by atoms with Crippen molar-refractivity contribution in [1.29, 1.82) is 0 Å². The first kappa shape index (κ1) is 13.8. The zero-order chi connectivity index (χ0) is 14.4. The molecule has 19 heavy (non-hydrogen) atoms. The molecule has 0 aromatic carbocycles. The minimum absolute atomic E-state index is 0.0552. The Morgan fingerprint density at radius 3 is 2.58 bits per heavy atom. The Morgan fingerprint density at radius 1 is 1.47 bits per heavy atom. The fourth-order valence-corrected chi connectivity index (χ4v) is 2.71. The Morgan fingerprint density at radius 2 is 2.11 bits per heavy atom. The summed E-state index contributed by atoms with van der Waals surface area (Å²) >= 11 is 0.972. The summed E-state index contributed by atoms with van der Waals surface area (Å²) in [6, 6.07) is 0. The predicted octanol–water partition coefficient (Wildman–Crippen LogP) is 2.71. The third-order valence-corrected chi connectivity index (χ3v) is 3.23. The Labute approximate surface area is 109 Å². The number of nitrogens with zero attached hydrogens (tertiary/aromatic N) is 3. The molecule has 0 aliphatic carbocycles. The first-order chi connectivity index (χ1) is 8.70. The molecule has 0 spiro atoms. The van der Waals surface area contributed by atoms with Gasteiger partial charge in [-0.3, -0.25) is 0 Å². The standard InChI is InChI=1S/C10H10F3N3O2S/c1-4(2)3-5-15-16-6(8(17)18)7(10(11,12)13)14-9(16)19-5/h4H,3H2,1-2H3,(H,17,18). The summed E-state index contributed by atoms with van der Waals surface area (Å²) in [6.07, 6.45) is -4.24. The number of hydrogen-bond acceptors (Lipinski definition) is 4. The van der Waals surface area contributed by atoms with Crippen LogP contribution in [0, 0.1) is 5.92 Å². The minimum atomic E-state index is -4.81. The fraction of sp³-hybridized carbons (Fsp3) is 0.500. The van der Waals surface area contributed by atoms with Gasteiger partial charge in [0, 0.05) is 6.42 Å². The van der Waals surface area contributed by atoms with Gasteiger partial charge in [-0.1, -0.05) is 25.2 Å². The summed E-state index contributed by atoms with van der Waals surface area (Å²) in [5.74, 6) is -1.42. The summed E-state index contributed by atoms with van der Waals surface area (Å²) in [7, 11) is 0. The maximum atomic E-state index is 12.7. The molecule has 1 N–H and O–H groups in total. The normalized spacial score (nSPS) is 12.5. The Hall–Kier alpha value is -1.64. The second-order valence-electron chi connectivity index (χ2n) is 4.40. The van der Waals surface area contributed by atoms with Gasteiger partial charge >= 0.3 is 12.1 Å². The van der Waals surface area contributed by atoms with Crippen molar-refractivity contribution in [2.45, 2.75) is 26.4 Å². The molecule has 0 saturated heterocycles. The highest BCUT2D eigenvalue weighted by Gasteiger charge is 2.41. The van der Waals surface area contributed by atoms with Crippen molar-refractivity contribution >= 4 is 22.3 Å². The van der Waals surface area contributed by atoms with Gasteiger partial charge in [-0.05, 0) is 5.92 Å². The van der Waals surface area contributed by atoms with E-state index in [-0.39, 0.29) is 10.9 Å². The number of halogens is 3. The van der Waals surface area contributed by atoms with Crippen molar-refractivity contribution in [3.63, 3.8) is 0 Å². The van der Waals surface area contributed by atoms with Crippen LogP contribution in [0.2, 0.25) is 0 Å². The zero-order valence-corrected chi connectivity index (χ0v) is 10.8. The van der Waals surface area contributed by atoms with E-state index in [4.69, 9.17) is 5.11 Å². The summed E-state index contributed by atoms with van der Waals surface area (Å²) in [4.78, 5) is 14.3. The summed E-state index contributed by atoms with van der Waals surface area (Å²) in [5.41, 5.74) is -2.34. The SMILES string of the molecule is CC(C)Cc1nn2c(C(=O)O)c(C(F)(F)F)nc2s1. The van der Waals surface area contributed by atoms with E-state index in [2.05, 4.69) is 10.1 Å². The average molecular weight is 293 g/mol. The van der Waals surface area contributed by atoms with Gasteiger partial charge in [0.15, 0.2) is 11.4 Å². The van der Waals surface area contributed by atoms with Gasteiger partial charge < -0.3 is 5.11 Å². The van der Waals surface area contributed by atoms with Crippen LogP contribution in [0.4, 0.5) is 13.2 Å². The van der Waals surface area contributed by atoms with E-state index in [1.807, 2.05) is 13.8 Å². The lowest BCUT2D eigenvalue weighted by atomic mass is 10.1. The van der Waals surface area contributed by atoms with E-state index >= 15 is 0 Å². The lowest BCUT2D eigenvalue weighted by molar-refractivity contribution is -0.141. The lowest BCUT2D eigenvalue weighted by Gasteiger charge is -2.03. The van der Waals surface area contributed by atoms with Crippen molar-refractivity contribution in [1.82, 2.24) is 14.6 Å². The van der Waals surface area contributed by atoms with Crippen LogP contribution in [0.3, 0.4) is 0 Å². The molecule has 0 atom stereocenters. The zero-order valence-electron chi connectivity index (χ0n) is 10.0. The third-order valence-electron chi connectivity index (χ3n) is 2.30. The molecular formula is C10H10F3N3O2S. The number of aromatic carboxylic acids is 1. The molecule has 2 heterocycles. The largest absolute Gasteiger partial charge is 0.476 e. The average Bonchev–Trinajstić information content (AvgIpc) is 2.70. The molecule has 104 valence electrons. The van der Waals surface area contributed by atoms with Crippen molar-refractivity contribution in [3.8, 4) is 0 Å². The second kappa shape index (κ2) is 4.48. The number of alkyl halides is 3. The predicted molar refractivity (Wildman–Crippen MR) is 61.4 cm³/mol. The molecule has 5 nitrogen and oxygen atoms in total. The summed E-state index contributed by atoms with van der Waals surface area (Å²) < 4.78 is 38.8. The third kappa shape index (κ3) is 2.55. The van der Waals surface area contributed by atoms with E-state index in [9.17, 15) is 18.0 Å². The van der Waals surface area contributed by atoms with Crippen molar-refractivity contribution in [2.75, 3.05) is 0 Å². The lowest BCUT2D eigenvalue weighted by Crippen LogP contribution is -2.14. The molecular weight excluding hydrogens is 283 g/mol. The highest BCUT2D eigenvalue weighted by Crippen LogP contribution is 2.33. The van der Waals surface area contributed by atoms with Crippen molar-refractivity contribution in [2.24, 2.45) is 5.92 Å². The van der Waals surface area contributed by atoms with E-state index in [1.165, 1.54) is 0 Å². The van der Waals surface area contributed by atoms with Crippen molar-refractivity contribution < 1.29 is 23.1 Å². The smallest absolute Gasteiger partial charge is 0.435 e. The van der Waals surface area contributed by atoms with Gasteiger partial charge in [0.05, 0.1) is 0 Å². The van der Waals surface area contributed by atoms with Crippen LogP contribution in [-0.2, 0) is 12.6 Å². The fourth-order valence-electron chi connectivity index (χ4n) is 1.61. The molecule has 2 aromatic heterocycles. The van der Waals surface area contributed by atoms with Crippen LogP contribution in [0.5, 0.6) is 0 Å². The quantitative estimate of drug-likeness (QED) is 0.944. The first-order valence-electron chi connectivity index (χ1n) is 5.39. The minimum Gasteiger partial charge on any atom is -0.476 e. The number of fused-ring (bicyclic) bond motifs is 1. The van der Waals surface area contributed by atoms with Crippen LogP contribution < -0.4 is 0 Å². The van der Waals surface area contributed by atoms with Crippen LogP contribution >= 0.6 is 11.3 Å². The number of carboxylic acid groups (broad SMARTS) is 1. The topological polar surface area (TPSA) is 67.5 Å². The molecule has 2 rings (SSSR count). The van der Waals surface area contributed by atoms with Gasteiger partial charge in [-0.2, -0.15) is 22.8 Å². The number of carboxylic acids is 1. The number of aromatic nitrogens is 3. The molecule has 0 bridgehead atoms. The molecule has 0 unspecified atom stereocenters. The number of rotatable bonds is 3. The summed E-state index contributed by atoms with van der Waals surface area (Å²) in [6.45, 7) is 3.87. The Kier molecular flexibility index (Phi) is 3.25. The van der Waals surface area contributed by atoms with Crippen LogP contribution in [0.1, 0.15) is 35.0 Å². The van der Waals surface area contributed by atoms with E-state index in [1.54, 1.807) is 0 Å². The van der Waals surface area contributed by atoms with E-state index in [0.29, 0.717) is 11.4 Å². The van der Waals surface area contributed by atoms with Gasteiger partial charge in [-0.15, -0.1) is 0 Å². The van der Waals surface area contributed by atoms with Crippen LogP contribution in [0.25, 0.3) is 4.96 Å². The summed E-state index contributed by atoms with van der Waals surface area (Å²) in [5, 5.41) is 13.4. The Balaban J connectivity index is 2.60. The second-order valence-corrected chi connectivity index (χ2v) is 5.44. The Bertz CT molecular complexity index is 630. The molecule has 2 aromatic rings.